The van der Waals surface area contributed by atoms with Crippen LogP contribution in [0.4, 0.5) is 5.69 Å². The Balaban J connectivity index is 2.11. The van der Waals surface area contributed by atoms with Crippen molar-refractivity contribution in [3.63, 3.8) is 0 Å². The van der Waals surface area contributed by atoms with E-state index in [-0.39, 0.29) is 18.3 Å². The van der Waals surface area contributed by atoms with Gasteiger partial charge in [0.1, 0.15) is 10.6 Å². The topological polar surface area (TPSA) is 64.4 Å². The molecule has 0 fully saturated rings. The van der Waals surface area contributed by atoms with Gasteiger partial charge in [-0.15, -0.1) is 11.8 Å². The maximum atomic E-state index is 12.5. The van der Waals surface area contributed by atoms with Crippen LogP contribution in [0.25, 0.3) is 0 Å². The van der Waals surface area contributed by atoms with Gasteiger partial charge in [-0.25, -0.2) is 4.79 Å². The number of nitrogens with zero attached hydrogens (tertiary/aromatic N) is 3. The van der Waals surface area contributed by atoms with E-state index in [0.29, 0.717) is 34.5 Å². The van der Waals surface area contributed by atoms with Crippen LogP contribution in [0.1, 0.15) is 29.4 Å². The highest BCUT2D eigenvalue weighted by molar-refractivity contribution is 7.98. The van der Waals surface area contributed by atoms with Crippen molar-refractivity contribution < 1.29 is 14.3 Å². The van der Waals surface area contributed by atoms with Crippen LogP contribution in [0.5, 0.6) is 0 Å². The zero-order chi connectivity index (χ0) is 19.3. The average molecular weight is 396 g/mol. The minimum atomic E-state index is -0.384. The van der Waals surface area contributed by atoms with Gasteiger partial charge >= 0.3 is 5.97 Å². The lowest BCUT2D eigenvalue weighted by molar-refractivity contribution is -0.118. The van der Waals surface area contributed by atoms with Crippen LogP contribution in [0, 0.1) is 6.92 Å². The fourth-order valence-corrected chi connectivity index (χ4v) is 3.44. The van der Waals surface area contributed by atoms with E-state index >= 15 is 0 Å². The summed E-state index contributed by atoms with van der Waals surface area (Å²) in [5.41, 5.74) is 1.84. The number of halogens is 1. The fraction of sp³-hybridized carbons (Fsp3) is 0.389. The first-order valence-corrected chi connectivity index (χ1v) is 9.80. The lowest BCUT2D eigenvalue weighted by Gasteiger charge is -2.17. The molecule has 0 unspecified atom stereocenters. The van der Waals surface area contributed by atoms with Gasteiger partial charge in [0.2, 0.25) is 5.91 Å². The Morgan fingerprint density at radius 3 is 2.54 bits per heavy atom. The van der Waals surface area contributed by atoms with Crippen LogP contribution in [-0.2, 0) is 16.1 Å². The van der Waals surface area contributed by atoms with E-state index in [0.717, 1.165) is 5.69 Å². The molecule has 2 rings (SSSR count). The number of hydrogen-bond donors (Lipinski definition) is 0. The number of hydrogen-bond acceptors (Lipinski definition) is 5. The summed E-state index contributed by atoms with van der Waals surface area (Å²) in [6.07, 6.45) is 2.13. The van der Waals surface area contributed by atoms with Gasteiger partial charge in [-0.3, -0.25) is 9.48 Å². The van der Waals surface area contributed by atoms with Crippen molar-refractivity contribution in [1.29, 1.82) is 0 Å². The summed E-state index contributed by atoms with van der Waals surface area (Å²) >= 11 is 7.30. The normalized spacial score (nSPS) is 10.7. The van der Waals surface area contributed by atoms with Crippen molar-refractivity contribution >= 4 is 40.9 Å². The summed E-state index contributed by atoms with van der Waals surface area (Å²) in [7, 11) is 1.72. The smallest absolute Gasteiger partial charge is 0.342 e. The van der Waals surface area contributed by atoms with Gasteiger partial charge in [-0.05, 0) is 44.4 Å². The van der Waals surface area contributed by atoms with Gasteiger partial charge < -0.3 is 9.64 Å². The Bertz CT molecular complexity index is 790. The van der Waals surface area contributed by atoms with Crippen molar-refractivity contribution in [2.75, 3.05) is 24.8 Å². The summed E-state index contributed by atoms with van der Waals surface area (Å²) in [5, 5.41) is 5.74. The Hall–Kier alpha value is -1.99. The third-order valence-corrected chi connectivity index (χ3v) is 4.93. The summed E-state index contributed by atoms with van der Waals surface area (Å²) in [4.78, 5) is 26.2. The number of thioether (sulfide) groups is 1. The Kier molecular flexibility index (Phi) is 7.11. The summed E-state index contributed by atoms with van der Waals surface area (Å²) in [6.45, 7) is 4.22. The quantitative estimate of drug-likeness (QED) is 0.527. The molecule has 0 N–H and O–H groups in total. The van der Waals surface area contributed by atoms with Crippen LogP contribution in [-0.4, -0.2) is 41.6 Å². The van der Waals surface area contributed by atoms with Gasteiger partial charge in [0.05, 0.1) is 18.8 Å². The molecule has 0 radical (unpaired) electrons. The molecule has 0 saturated carbocycles. The highest BCUT2D eigenvalue weighted by atomic mass is 35.5. The number of anilines is 1. The highest BCUT2D eigenvalue weighted by Crippen LogP contribution is 2.25. The number of amides is 1. The highest BCUT2D eigenvalue weighted by Gasteiger charge is 2.22. The van der Waals surface area contributed by atoms with E-state index in [2.05, 4.69) is 5.10 Å². The molecule has 0 aliphatic heterocycles. The van der Waals surface area contributed by atoms with Crippen molar-refractivity contribution in [2.24, 2.45) is 0 Å². The number of aromatic nitrogens is 2. The van der Waals surface area contributed by atoms with E-state index in [4.69, 9.17) is 16.3 Å². The van der Waals surface area contributed by atoms with E-state index in [9.17, 15) is 9.59 Å². The Morgan fingerprint density at radius 2 is 1.96 bits per heavy atom. The molecule has 0 saturated heterocycles. The number of carbonyl (C=O) groups is 2. The van der Waals surface area contributed by atoms with Crippen LogP contribution < -0.4 is 4.90 Å². The van der Waals surface area contributed by atoms with E-state index in [1.54, 1.807) is 54.7 Å². The molecule has 0 aliphatic rings. The second kappa shape index (κ2) is 9.09. The average Bonchev–Trinajstić information content (AvgIpc) is 2.95. The van der Waals surface area contributed by atoms with Crippen molar-refractivity contribution in [3.05, 3.63) is 40.5 Å². The minimum absolute atomic E-state index is 0.0507. The SMILES string of the molecule is CCOC(=O)c1c(C)nn(CCC(=O)N(C)c2ccc(Cl)cc2)c1SC. The second-order valence-corrected chi connectivity index (χ2v) is 6.82. The molecule has 8 heteroatoms. The van der Waals surface area contributed by atoms with Gasteiger partial charge in [0.25, 0.3) is 0 Å². The summed E-state index contributed by atoms with van der Waals surface area (Å²) < 4.78 is 6.80. The van der Waals surface area contributed by atoms with Crippen molar-refractivity contribution in [2.45, 2.75) is 31.8 Å². The van der Waals surface area contributed by atoms with Gasteiger partial charge in [0, 0.05) is 24.2 Å². The number of benzene rings is 1. The molecular weight excluding hydrogens is 374 g/mol. The molecule has 140 valence electrons. The third kappa shape index (κ3) is 4.59. The van der Waals surface area contributed by atoms with Gasteiger partial charge in [0.15, 0.2) is 0 Å². The molecule has 6 nitrogen and oxygen atoms in total. The van der Waals surface area contributed by atoms with Crippen molar-refractivity contribution in [1.82, 2.24) is 9.78 Å². The number of rotatable bonds is 7. The zero-order valence-corrected chi connectivity index (χ0v) is 16.9. The molecular formula is C18H22ClN3O3S. The predicted molar refractivity (Wildman–Crippen MR) is 104 cm³/mol. The fourth-order valence-electron chi connectivity index (χ4n) is 2.54. The van der Waals surface area contributed by atoms with E-state index < -0.39 is 0 Å². The molecule has 1 aromatic heterocycles. The summed E-state index contributed by atoms with van der Waals surface area (Å²) in [5.74, 6) is -0.435. The largest absolute Gasteiger partial charge is 0.462 e. The van der Waals surface area contributed by atoms with Crippen LogP contribution in [0.15, 0.2) is 29.3 Å². The minimum Gasteiger partial charge on any atom is -0.462 e. The monoisotopic (exact) mass is 395 g/mol. The lowest BCUT2D eigenvalue weighted by Crippen LogP contribution is -2.27. The molecule has 0 atom stereocenters. The maximum Gasteiger partial charge on any atom is 0.342 e. The maximum absolute atomic E-state index is 12.5. The Labute approximate surface area is 162 Å². The van der Waals surface area contributed by atoms with Crippen LogP contribution in [0.2, 0.25) is 5.02 Å². The lowest BCUT2D eigenvalue weighted by atomic mass is 10.2. The molecule has 0 spiro atoms. The van der Waals surface area contributed by atoms with Gasteiger partial charge in [-0.2, -0.15) is 5.10 Å². The molecule has 2 aromatic rings. The van der Waals surface area contributed by atoms with E-state index in [1.165, 1.54) is 11.8 Å². The second-order valence-electron chi connectivity index (χ2n) is 5.59. The zero-order valence-electron chi connectivity index (χ0n) is 15.3. The third-order valence-electron chi connectivity index (χ3n) is 3.88. The Morgan fingerprint density at radius 1 is 1.31 bits per heavy atom. The van der Waals surface area contributed by atoms with Crippen LogP contribution >= 0.6 is 23.4 Å². The number of carbonyl (C=O) groups excluding carboxylic acids is 2. The number of aryl methyl sites for hydroxylation is 2. The first-order chi connectivity index (χ1) is 12.4. The molecule has 26 heavy (non-hydrogen) atoms. The predicted octanol–water partition coefficient (Wildman–Crippen LogP) is 3.80. The van der Waals surface area contributed by atoms with E-state index in [1.807, 2.05) is 6.26 Å². The number of ether oxygens (including phenoxy) is 1. The molecule has 1 heterocycles. The van der Waals surface area contributed by atoms with Crippen molar-refractivity contribution in [3.8, 4) is 0 Å². The van der Waals surface area contributed by atoms with Crippen LogP contribution in [0.3, 0.4) is 0 Å². The number of esters is 1. The van der Waals surface area contributed by atoms with Gasteiger partial charge in [-0.1, -0.05) is 11.6 Å². The summed E-state index contributed by atoms with van der Waals surface area (Å²) in [6, 6.07) is 7.08. The first-order valence-electron chi connectivity index (χ1n) is 8.19. The molecule has 1 amide bonds. The first kappa shape index (κ1) is 20.3. The molecule has 0 bridgehead atoms. The molecule has 0 aliphatic carbocycles. The standard InChI is InChI=1S/C18H22ClN3O3S/c1-5-25-18(24)16-12(2)20-22(17(16)26-4)11-10-15(23)21(3)14-8-6-13(19)7-9-14/h6-9H,5,10-11H2,1-4H3. The molecule has 1 aromatic carbocycles.